The normalized spacial score (nSPS) is 18.4. The van der Waals surface area contributed by atoms with Crippen LogP contribution in [0.15, 0.2) is 59.7 Å². The Morgan fingerprint density at radius 3 is 2.30 bits per heavy atom. The molecule has 2 aromatic rings. The molecule has 4 rings (SSSR count). The van der Waals surface area contributed by atoms with Crippen molar-refractivity contribution in [3.63, 3.8) is 0 Å². The minimum atomic E-state index is -0.180. The Labute approximate surface area is 177 Å². The van der Waals surface area contributed by atoms with Crippen LogP contribution in [0.3, 0.4) is 0 Å². The molecule has 156 valence electrons. The van der Waals surface area contributed by atoms with Crippen LogP contribution in [0.25, 0.3) is 0 Å². The number of carbonyl (C=O) groups excluding carboxylic acids is 2. The summed E-state index contributed by atoms with van der Waals surface area (Å²) in [4.78, 5) is 27.3. The zero-order valence-corrected chi connectivity index (χ0v) is 17.3. The Bertz CT molecular complexity index is 918. The minimum Gasteiger partial charge on any atom is -0.497 e. The van der Waals surface area contributed by atoms with E-state index in [1.54, 1.807) is 12.1 Å². The standard InChI is InChI=1S/C24H27N3O3/c1-30-20-11-9-19(10-12-20)22-17-21(18-7-3-2-4-8-18)25-27(22)24(29)14-13-23(28)26-15-5-6-16-26/h2-4,7-12,22H,5-6,13-17H2,1H3/t22-/m1/s1. The van der Waals surface area contributed by atoms with E-state index < -0.39 is 0 Å². The average Bonchev–Trinajstić information content (AvgIpc) is 3.48. The summed E-state index contributed by atoms with van der Waals surface area (Å²) in [5, 5.41) is 6.25. The number of likely N-dealkylation sites (tertiary alicyclic amines) is 1. The summed E-state index contributed by atoms with van der Waals surface area (Å²) < 4.78 is 5.26. The van der Waals surface area contributed by atoms with Gasteiger partial charge in [-0.15, -0.1) is 0 Å². The van der Waals surface area contributed by atoms with Crippen molar-refractivity contribution in [2.45, 2.75) is 38.1 Å². The molecule has 2 aliphatic heterocycles. The van der Waals surface area contributed by atoms with E-state index in [9.17, 15) is 9.59 Å². The molecule has 0 bridgehead atoms. The summed E-state index contributed by atoms with van der Waals surface area (Å²) in [5.74, 6) is 0.720. The summed E-state index contributed by atoms with van der Waals surface area (Å²) in [6.45, 7) is 1.61. The third-order valence-corrected chi connectivity index (χ3v) is 5.78. The maximum atomic E-state index is 13.1. The summed E-state index contributed by atoms with van der Waals surface area (Å²) in [6.07, 6.45) is 3.16. The van der Waals surface area contributed by atoms with Crippen molar-refractivity contribution in [1.29, 1.82) is 0 Å². The van der Waals surface area contributed by atoms with E-state index in [-0.39, 0.29) is 30.7 Å². The second-order valence-electron chi connectivity index (χ2n) is 7.73. The van der Waals surface area contributed by atoms with Crippen LogP contribution >= 0.6 is 0 Å². The van der Waals surface area contributed by atoms with Crippen molar-refractivity contribution in [3.8, 4) is 5.75 Å². The first-order chi connectivity index (χ1) is 14.7. The van der Waals surface area contributed by atoms with E-state index >= 15 is 0 Å². The topological polar surface area (TPSA) is 62.2 Å². The highest BCUT2D eigenvalue weighted by atomic mass is 16.5. The van der Waals surface area contributed by atoms with Gasteiger partial charge in [-0.25, -0.2) is 5.01 Å². The smallest absolute Gasteiger partial charge is 0.243 e. The molecule has 1 saturated heterocycles. The second-order valence-corrected chi connectivity index (χ2v) is 7.73. The molecule has 30 heavy (non-hydrogen) atoms. The molecular weight excluding hydrogens is 378 g/mol. The Morgan fingerprint density at radius 2 is 1.63 bits per heavy atom. The number of amides is 2. The van der Waals surface area contributed by atoms with Gasteiger partial charge in [0.1, 0.15) is 5.75 Å². The van der Waals surface area contributed by atoms with Crippen molar-refractivity contribution in [1.82, 2.24) is 9.91 Å². The lowest BCUT2D eigenvalue weighted by Crippen LogP contribution is -2.31. The van der Waals surface area contributed by atoms with Crippen LogP contribution in [-0.2, 0) is 9.59 Å². The van der Waals surface area contributed by atoms with E-state index in [0.717, 1.165) is 48.5 Å². The molecule has 0 saturated carbocycles. The predicted octanol–water partition coefficient (Wildman–Crippen LogP) is 3.78. The molecule has 0 aromatic heterocycles. The van der Waals surface area contributed by atoms with Crippen molar-refractivity contribution < 1.29 is 14.3 Å². The zero-order chi connectivity index (χ0) is 20.9. The molecule has 1 atom stereocenters. The fourth-order valence-electron chi connectivity index (χ4n) is 4.08. The lowest BCUT2D eigenvalue weighted by molar-refractivity contribution is -0.137. The van der Waals surface area contributed by atoms with Crippen molar-refractivity contribution in [3.05, 3.63) is 65.7 Å². The van der Waals surface area contributed by atoms with E-state index in [1.807, 2.05) is 59.5 Å². The Morgan fingerprint density at radius 1 is 0.967 bits per heavy atom. The summed E-state index contributed by atoms with van der Waals surface area (Å²) >= 11 is 0. The van der Waals surface area contributed by atoms with E-state index in [1.165, 1.54) is 0 Å². The largest absolute Gasteiger partial charge is 0.497 e. The van der Waals surface area contributed by atoms with Crippen LogP contribution in [0.5, 0.6) is 5.75 Å². The number of nitrogens with zero attached hydrogens (tertiary/aromatic N) is 3. The lowest BCUT2D eigenvalue weighted by Gasteiger charge is -2.23. The molecule has 6 heteroatoms. The quantitative estimate of drug-likeness (QED) is 0.735. The highest BCUT2D eigenvalue weighted by Gasteiger charge is 2.33. The molecule has 2 aliphatic rings. The SMILES string of the molecule is COc1ccc([C@H]2CC(c3ccccc3)=NN2C(=O)CCC(=O)N2CCCC2)cc1. The second kappa shape index (κ2) is 9.11. The highest BCUT2D eigenvalue weighted by Crippen LogP contribution is 2.34. The molecule has 1 fully saturated rings. The zero-order valence-electron chi connectivity index (χ0n) is 17.3. The molecule has 0 radical (unpaired) electrons. The molecule has 2 heterocycles. The molecule has 0 spiro atoms. The first-order valence-electron chi connectivity index (χ1n) is 10.5. The number of hydrogen-bond acceptors (Lipinski definition) is 4. The van der Waals surface area contributed by atoms with Crippen LogP contribution < -0.4 is 4.74 Å². The monoisotopic (exact) mass is 405 g/mol. The van der Waals surface area contributed by atoms with Crippen LogP contribution in [0.4, 0.5) is 0 Å². The third-order valence-electron chi connectivity index (χ3n) is 5.78. The van der Waals surface area contributed by atoms with E-state index in [0.29, 0.717) is 6.42 Å². The van der Waals surface area contributed by atoms with Gasteiger partial charge in [0.2, 0.25) is 11.8 Å². The van der Waals surface area contributed by atoms with Gasteiger partial charge in [0, 0.05) is 32.4 Å². The molecule has 0 N–H and O–H groups in total. The number of carbonyl (C=O) groups is 2. The van der Waals surface area contributed by atoms with Gasteiger partial charge in [-0.05, 0) is 36.1 Å². The number of methoxy groups -OCH3 is 1. The van der Waals surface area contributed by atoms with E-state index in [4.69, 9.17) is 4.74 Å². The van der Waals surface area contributed by atoms with Crippen molar-refractivity contribution in [2.75, 3.05) is 20.2 Å². The molecule has 2 amide bonds. The number of hydrogen-bond donors (Lipinski definition) is 0. The minimum absolute atomic E-state index is 0.0632. The lowest BCUT2D eigenvalue weighted by atomic mass is 9.98. The highest BCUT2D eigenvalue weighted by molar-refractivity contribution is 6.03. The van der Waals surface area contributed by atoms with Gasteiger partial charge in [0.25, 0.3) is 0 Å². The Balaban J connectivity index is 1.52. The number of ether oxygens (including phenoxy) is 1. The molecule has 0 aliphatic carbocycles. The van der Waals surface area contributed by atoms with Gasteiger partial charge in [-0.2, -0.15) is 5.10 Å². The van der Waals surface area contributed by atoms with Crippen LogP contribution in [0.1, 0.15) is 49.3 Å². The third kappa shape index (κ3) is 4.37. The fourth-order valence-corrected chi connectivity index (χ4v) is 4.08. The Kier molecular flexibility index (Phi) is 6.12. The predicted molar refractivity (Wildman–Crippen MR) is 115 cm³/mol. The van der Waals surface area contributed by atoms with Gasteiger partial charge in [-0.1, -0.05) is 42.5 Å². The van der Waals surface area contributed by atoms with Gasteiger partial charge in [0.15, 0.2) is 0 Å². The van der Waals surface area contributed by atoms with Crippen LogP contribution in [-0.4, -0.2) is 47.6 Å². The van der Waals surface area contributed by atoms with Crippen molar-refractivity contribution >= 4 is 17.5 Å². The fraction of sp³-hybridized carbons (Fsp3) is 0.375. The first-order valence-corrected chi connectivity index (χ1v) is 10.5. The molecular formula is C24H27N3O3. The van der Waals surface area contributed by atoms with Crippen LogP contribution in [0, 0.1) is 0 Å². The van der Waals surface area contributed by atoms with Gasteiger partial charge in [-0.3, -0.25) is 9.59 Å². The van der Waals surface area contributed by atoms with Gasteiger partial charge >= 0.3 is 0 Å². The van der Waals surface area contributed by atoms with Crippen LogP contribution in [0.2, 0.25) is 0 Å². The number of hydrazone groups is 1. The number of rotatable bonds is 6. The molecule has 2 aromatic carbocycles. The summed E-state index contributed by atoms with van der Waals surface area (Å²) in [5.41, 5.74) is 2.90. The van der Waals surface area contributed by atoms with Gasteiger partial charge in [0.05, 0.1) is 18.9 Å². The maximum Gasteiger partial charge on any atom is 0.243 e. The molecule has 0 unspecified atom stereocenters. The summed E-state index contributed by atoms with van der Waals surface area (Å²) in [6, 6.07) is 17.5. The Hall–Kier alpha value is -3.15. The summed E-state index contributed by atoms with van der Waals surface area (Å²) in [7, 11) is 1.63. The first kappa shape index (κ1) is 20.1. The van der Waals surface area contributed by atoms with Gasteiger partial charge < -0.3 is 9.64 Å². The number of benzene rings is 2. The van der Waals surface area contributed by atoms with Crippen molar-refractivity contribution in [2.24, 2.45) is 5.10 Å². The van der Waals surface area contributed by atoms with E-state index in [2.05, 4.69) is 5.10 Å². The molecule has 6 nitrogen and oxygen atoms in total. The maximum absolute atomic E-state index is 13.1. The average molecular weight is 405 g/mol.